The van der Waals surface area contributed by atoms with Crippen LogP contribution in [0.15, 0.2) is 48.2 Å². The fourth-order valence-corrected chi connectivity index (χ4v) is 2.50. The molecule has 1 aliphatic heterocycles. The molecule has 0 atom stereocenters. The molecule has 2 aromatic rings. The fraction of sp³-hybridized carbons (Fsp3) is 0.111. The van der Waals surface area contributed by atoms with E-state index in [9.17, 15) is 9.59 Å². The minimum absolute atomic E-state index is 0.0736. The first kappa shape index (κ1) is 16.4. The van der Waals surface area contributed by atoms with E-state index in [4.69, 9.17) is 20.9 Å². The minimum Gasteiger partial charge on any atom is -0.497 e. The van der Waals surface area contributed by atoms with E-state index in [1.165, 1.54) is 4.90 Å². The Balaban J connectivity index is 2.01. The zero-order chi connectivity index (χ0) is 18.0. The van der Waals surface area contributed by atoms with E-state index in [-0.39, 0.29) is 12.3 Å². The van der Waals surface area contributed by atoms with Crippen LogP contribution in [-0.2, 0) is 9.59 Å². The van der Waals surface area contributed by atoms with Crippen LogP contribution >= 0.6 is 0 Å². The van der Waals surface area contributed by atoms with Crippen molar-refractivity contribution in [1.82, 2.24) is 0 Å². The van der Waals surface area contributed by atoms with Crippen molar-refractivity contribution in [3.05, 3.63) is 53.8 Å². The number of amides is 2. The molecule has 2 amide bonds. The van der Waals surface area contributed by atoms with Crippen molar-refractivity contribution >= 4 is 29.3 Å². The Hall–Kier alpha value is -3.48. The van der Waals surface area contributed by atoms with Crippen molar-refractivity contribution in [3.63, 3.8) is 0 Å². The van der Waals surface area contributed by atoms with Gasteiger partial charge in [0.15, 0.2) is 11.5 Å². The van der Waals surface area contributed by atoms with Gasteiger partial charge in [0.1, 0.15) is 12.3 Å². The molecule has 0 unspecified atom stereocenters. The average Bonchev–Trinajstić information content (AvgIpc) is 2.59. The number of nitrogens with two attached hydrogens (primary N) is 2. The lowest BCUT2D eigenvalue weighted by molar-refractivity contribution is -0.121. The van der Waals surface area contributed by atoms with Crippen molar-refractivity contribution in [2.75, 3.05) is 24.3 Å². The second kappa shape index (κ2) is 6.56. The number of fused-ring (bicyclic) bond motifs is 1. The van der Waals surface area contributed by atoms with Gasteiger partial charge in [-0.15, -0.1) is 0 Å². The molecule has 0 radical (unpaired) electrons. The van der Waals surface area contributed by atoms with Gasteiger partial charge >= 0.3 is 0 Å². The van der Waals surface area contributed by atoms with Gasteiger partial charge in [0.05, 0.1) is 12.8 Å². The SMILES string of the molecule is COc1ccc(/C=C2/Oc3cc(N)ccc3N(CC(N)=O)C2=O)cc1. The molecule has 0 fully saturated rings. The molecule has 128 valence electrons. The summed E-state index contributed by atoms with van der Waals surface area (Å²) in [5.41, 5.74) is 12.7. The van der Waals surface area contributed by atoms with Crippen LogP contribution in [0, 0.1) is 0 Å². The lowest BCUT2D eigenvalue weighted by atomic mass is 10.1. The molecular formula is C18H17N3O4. The van der Waals surface area contributed by atoms with Crippen molar-refractivity contribution < 1.29 is 19.1 Å². The largest absolute Gasteiger partial charge is 0.497 e. The van der Waals surface area contributed by atoms with Crippen LogP contribution in [0.2, 0.25) is 0 Å². The molecule has 0 saturated carbocycles. The Bertz CT molecular complexity index is 859. The van der Waals surface area contributed by atoms with Gasteiger partial charge in [0.2, 0.25) is 5.91 Å². The second-order valence-corrected chi connectivity index (χ2v) is 5.47. The lowest BCUT2D eigenvalue weighted by Crippen LogP contribution is -2.42. The molecule has 0 aromatic heterocycles. The van der Waals surface area contributed by atoms with Crippen LogP contribution in [0.1, 0.15) is 5.56 Å². The minimum atomic E-state index is -0.623. The number of nitrogens with zero attached hydrogens (tertiary/aromatic N) is 1. The van der Waals surface area contributed by atoms with E-state index in [0.29, 0.717) is 22.9 Å². The Morgan fingerprint density at radius 1 is 1.24 bits per heavy atom. The number of benzene rings is 2. The molecule has 7 nitrogen and oxygen atoms in total. The number of primary amides is 1. The van der Waals surface area contributed by atoms with Gasteiger partial charge < -0.3 is 20.9 Å². The molecular weight excluding hydrogens is 322 g/mol. The van der Waals surface area contributed by atoms with E-state index < -0.39 is 11.8 Å². The normalized spacial score (nSPS) is 14.8. The summed E-state index contributed by atoms with van der Waals surface area (Å²) in [7, 11) is 1.57. The van der Waals surface area contributed by atoms with Gasteiger partial charge in [0, 0.05) is 11.8 Å². The monoisotopic (exact) mass is 339 g/mol. The molecule has 1 aliphatic rings. The summed E-state index contributed by atoms with van der Waals surface area (Å²) in [6.07, 6.45) is 1.59. The average molecular weight is 339 g/mol. The number of nitrogen functional groups attached to an aromatic ring is 1. The third-order valence-corrected chi connectivity index (χ3v) is 3.68. The summed E-state index contributed by atoms with van der Waals surface area (Å²) in [6, 6.07) is 12.0. The highest BCUT2D eigenvalue weighted by Crippen LogP contribution is 2.37. The topological polar surface area (TPSA) is 108 Å². The van der Waals surface area contributed by atoms with Crippen LogP contribution in [0.3, 0.4) is 0 Å². The maximum atomic E-state index is 12.7. The summed E-state index contributed by atoms with van der Waals surface area (Å²) in [4.78, 5) is 25.3. The predicted molar refractivity (Wildman–Crippen MR) is 94.0 cm³/mol. The van der Waals surface area contributed by atoms with Gasteiger partial charge in [-0.2, -0.15) is 0 Å². The number of anilines is 2. The summed E-state index contributed by atoms with van der Waals surface area (Å²) in [6.45, 7) is -0.251. The van der Waals surface area contributed by atoms with E-state index in [2.05, 4.69) is 0 Å². The number of carbonyl (C=O) groups is 2. The molecule has 3 rings (SSSR count). The first-order valence-electron chi connectivity index (χ1n) is 7.51. The van der Waals surface area contributed by atoms with Gasteiger partial charge in [-0.05, 0) is 35.9 Å². The van der Waals surface area contributed by atoms with Crippen LogP contribution in [0.5, 0.6) is 11.5 Å². The van der Waals surface area contributed by atoms with Gasteiger partial charge in [0.25, 0.3) is 5.91 Å². The fourth-order valence-electron chi connectivity index (χ4n) is 2.50. The third-order valence-electron chi connectivity index (χ3n) is 3.68. The maximum absolute atomic E-state index is 12.7. The summed E-state index contributed by atoms with van der Waals surface area (Å²) in [5, 5.41) is 0. The molecule has 0 spiro atoms. The van der Waals surface area contributed by atoms with Gasteiger partial charge in [-0.25, -0.2) is 0 Å². The Labute approximate surface area is 144 Å². The molecule has 4 N–H and O–H groups in total. The highest BCUT2D eigenvalue weighted by molar-refractivity contribution is 6.12. The first-order chi connectivity index (χ1) is 12.0. The van der Waals surface area contributed by atoms with Crippen molar-refractivity contribution in [2.24, 2.45) is 5.73 Å². The molecule has 2 aromatic carbocycles. The van der Waals surface area contributed by atoms with E-state index in [0.717, 1.165) is 5.56 Å². The smallest absolute Gasteiger partial charge is 0.294 e. The summed E-state index contributed by atoms with van der Waals surface area (Å²) >= 11 is 0. The molecule has 0 saturated heterocycles. The summed E-state index contributed by atoms with van der Waals surface area (Å²) < 4.78 is 10.8. The molecule has 0 aliphatic carbocycles. The lowest BCUT2D eigenvalue weighted by Gasteiger charge is -2.29. The maximum Gasteiger partial charge on any atom is 0.294 e. The highest BCUT2D eigenvalue weighted by atomic mass is 16.5. The first-order valence-corrected chi connectivity index (χ1v) is 7.51. The Morgan fingerprint density at radius 3 is 2.60 bits per heavy atom. The third kappa shape index (κ3) is 3.40. The number of ether oxygens (including phenoxy) is 2. The van der Waals surface area contributed by atoms with Crippen molar-refractivity contribution in [1.29, 1.82) is 0 Å². The molecule has 1 heterocycles. The quantitative estimate of drug-likeness (QED) is 0.649. The van der Waals surface area contributed by atoms with Gasteiger partial charge in [-0.3, -0.25) is 14.5 Å². The van der Waals surface area contributed by atoms with E-state index in [1.807, 2.05) is 0 Å². The predicted octanol–water partition coefficient (Wildman–Crippen LogP) is 1.53. The zero-order valence-corrected chi connectivity index (χ0v) is 13.6. The van der Waals surface area contributed by atoms with Crippen molar-refractivity contribution in [2.45, 2.75) is 0 Å². The van der Waals surface area contributed by atoms with Crippen LogP contribution in [0.4, 0.5) is 11.4 Å². The van der Waals surface area contributed by atoms with E-state index in [1.54, 1.807) is 55.7 Å². The Kier molecular flexibility index (Phi) is 4.30. The van der Waals surface area contributed by atoms with Gasteiger partial charge in [-0.1, -0.05) is 12.1 Å². The highest BCUT2D eigenvalue weighted by Gasteiger charge is 2.31. The zero-order valence-electron chi connectivity index (χ0n) is 13.6. The number of hydrogen-bond acceptors (Lipinski definition) is 5. The second-order valence-electron chi connectivity index (χ2n) is 5.47. The van der Waals surface area contributed by atoms with Crippen LogP contribution < -0.4 is 25.8 Å². The molecule has 7 heteroatoms. The number of methoxy groups -OCH3 is 1. The standard InChI is InChI=1S/C18H17N3O4/c1-24-13-5-2-11(3-6-13)8-16-18(23)21(10-17(20)22)14-7-4-12(19)9-15(14)25-16/h2-9H,10,19H2,1H3,(H2,20,22)/b16-8+. The molecule has 25 heavy (non-hydrogen) atoms. The summed E-state index contributed by atoms with van der Waals surface area (Å²) in [5.74, 6) is 0.0883. The van der Waals surface area contributed by atoms with Crippen LogP contribution in [-0.4, -0.2) is 25.5 Å². The number of rotatable bonds is 4. The van der Waals surface area contributed by atoms with Crippen LogP contribution in [0.25, 0.3) is 6.08 Å². The Morgan fingerprint density at radius 2 is 1.96 bits per heavy atom. The number of hydrogen-bond donors (Lipinski definition) is 2. The van der Waals surface area contributed by atoms with Crippen molar-refractivity contribution in [3.8, 4) is 11.5 Å². The van der Waals surface area contributed by atoms with E-state index >= 15 is 0 Å². The molecule has 0 bridgehead atoms. The number of carbonyl (C=O) groups excluding carboxylic acids is 2.